The Morgan fingerprint density at radius 1 is 0.688 bits per heavy atom. The van der Waals surface area contributed by atoms with Crippen LogP contribution in [0.25, 0.3) is 0 Å². The second kappa shape index (κ2) is 11.6. The molecule has 0 saturated heterocycles. The summed E-state index contributed by atoms with van der Waals surface area (Å²) in [7, 11) is 0. The normalized spacial score (nSPS) is 10.4. The number of hydrogen-bond acceptors (Lipinski definition) is 4. The van der Waals surface area contributed by atoms with E-state index in [0.29, 0.717) is 32.9 Å². The van der Waals surface area contributed by atoms with E-state index in [2.05, 4.69) is 42.5 Å². The molecule has 3 aromatic carbocycles. The molecule has 0 radical (unpaired) electrons. The van der Waals surface area contributed by atoms with E-state index < -0.39 is 0 Å². The van der Waals surface area contributed by atoms with Gasteiger partial charge in [0.25, 0.3) is 11.8 Å². The van der Waals surface area contributed by atoms with E-state index in [-0.39, 0.29) is 25.0 Å². The summed E-state index contributed by atoms with van der Waals surface area (Å²) in [6.07, 6.45) is 0. The minimum Gasteiger partial charge on any atom is -0.482 e. The van der Waals surface area contributed by atoms with Crippen LogP contribution in [0.3, 0.4) is 0 Å². The van der Waals surface area contributed by atoms with Gasteiger partial charge in [-0.3, -0.25) is 9.59 Å². The van der Waals surface area contributed by atoms with Crippen LogP contribution in [-0.4, -0.2) is 25.0 Å². The molecule has 0 aliphatic carbocycles. The van der Waals surface area contributed by atoms with Gasteiger partial charge in [-0.2, -0.15) is 0 Å². The van der Waals surface area contributed by atoms with E-state index in [0.717, 1.165) is 8.95 Å². The van der Waals surface area contributed by atoms with Crippen molar-refractivity contribution in [2.75, 3.05) is 23.8 Å². The predicted octanol–water partition coefficient (Wildman–Crippen LogP) is 6.55. The Hall–Kier alpha value is -2.26. The van der Waals surface area contributed by atoms with Crippen molar-refractivity contribution in [2.24, 2.45) is 0 Å². The highest BCUT2D eigenvalue weighted by Gasteiger charge is 2.09. The molecule has 0 aromatic heterocycles. The van der Waals surface area contributed by atoms with Gasteiger partial charge in [-0.25, -0.2) is 0 Å². The van der Waals surface area contributed by atoms with Crippen LogP contribution in [0.2, 0.25) is 10.0 Å². The third kappa shape index (κ3) is 7.41. The third-order valence-electron chi connectivity index (χ3n) is 3.96. The van der Waals surface area contributed by atoms with Gasteiger partial charge in [-0.15, -0.1) is 0 Å². The Bertz CT molecular complexity index is 1040. The largest absolute Gasteiger partial charge is 0.482 e. The monoisotopic (exact) mass is 600 g/mol. The molecule has 0 bridgehead atoms. The van der Waals surface area contributed by atoms with E-state index in [9.17, 15) is 9.59 Å². The van der Waals surface area contributed by atoms with Crippen LogP contribution in [0.5, 0.6) is 11.5 Å². The fraction of sp³-hybridized carbons (Fsp3) is 0.0909. The lowest BCUT2D eigenvalue weighted by molar-refractivity contribution is -0.118. The van der Waals surface area contributed by atoms with Crippen molar-refractivity contribution in [2.45, 2.75) is 0 Å². The Labute approximate surface area is 211 Å². The smallest absolute Gasteiger partial charge is 0.262 e. The second-order valence-corrected chi connectivity index (χ2v) is 9.05. The molecule has 0 heterocycles. The molecule has 3 aromatic rings. The summed E-state index contributed by atoms with van der Waals surface area (Å²) in [6.45, 7) is -0.397. The number of ether oxygens (including phenoxy) is 2. The first kappa shape index (κ1) is 24.4. The molecule has 0 aliphatic rings. The second-order valence-electron chi connectivity index (χ2n) is 6.40. The van der Waals surface area contributed by atoms with Crippen LogP contribution < -0.4 is 20.1 Å². The zero-order chi connectivity index (χ0) is 23.1. The highest BCUT2D eigenvalue weighted by molar-refractivity contribution is 9.10. The summed E-state index contributed by atoms with van der Waals surface area (Å²) in [6, 6.07) is 16.9. The van der Waals surface area contributed by atoms with Crippen molar-refractivity contribution in [3.05, 3.63) is 79.7 Å². The summed E-state index contributed by atoms with van der Waals surface area (Å²) in [5, 5.41) is 6.22. The summed E-state index contributed by atoms with van der Waals surface area (Å²) in [5.41, 5.74) is 1.10. The maximum Gasteiger partial charge on any atom is 0.262 e. The van der Waals surface area contributed by atoms with Gasteiger partial charge in [0.2, 0.25) is 0 Å². The maximum absolute atomic E-state index is 12.1. The van der Waals surface area contributed by atoms with E-state index in [1.54, 1.807) is 60.7 Å². The number of anilines is 2. The molecule has 10 heteroatoms. The average Bonchev–Trinajstić information content (AvgIpc) is 2.74. The van der Waals surface area contributed by atoms with Crippen LogP contribution in [0, 0.1) is 0 Å². The summed E-state index contributed by atoms with van der Waals surface area (Å²) < 4.78 is 12.5. The van der Waals surface area contributed by atoms with Crippen LogP contribution >= 0.6 is 55.1 Å². The highest BCUT2D eigenvalue weighted by atomic mass is 79.9. The van der Waals surface area contributed by atoms with Crippen molar-refractivity contribution >= 4 is 78.3 Å². The summed E-state index contributed by atoms with van der Waals surface area (Å²) >= 11 is 18.7. The Kier molecular flexibility index (Phi) is 8.81. The minimum absolute atomic E-state index is 0.199. The van der Waals surface area contributed by atoms with E-state index in [4.69, 9.17) is 32.7 Å². The molecular weight excluding hydrogens is 587 g/mol. The molecule has 3 rings (SSSR count). The number of amides is 2. The van der Waals surface area contributed by atoms with Gasteiger partial charge in [-0.1, -0.05) is 55.1 Å². The lowest BCUT2D eigenvalue weighted by atomic mass is 10.2. The standard InChI is InChI=1S/C22H16Br2Cl2N2O4/c23-13-1-7-19(17(25)9-13)31-11-21(29)27-15-3-5-16(6-4-15)28-22(30)12-32-20-8-2-14(24)10-18(20)26/h1-10H,11-12H2,(H,27,29)(H,28,30). The van der Waals surface area contributed by atoms with Crippen LogP contribution in [0.4, 0.5) is 11.4 Å². The number of carbonyl (C=O) groups excluding carboxylic acids is 2. The molecule has 0 saturated carbocycles. The van der Waals surface area contributed by atoms with Gasteiger partial charge in [0.05, 0.1) is 10.0 Å². The molecule has 2 N–H and O–H groups in total. The van der Waals surface area contributed by atoms with Crippen molar-refractivity contribution in [1.29, 1.82) is 0 Å². The molecular formula is C22H16Br2Cl2N2O4. The SMILES string of the molecule is O=C(COc1ccc(Br)cc1Cl)Nc1ccc(NC(=O)COc2ccc(Br)cc2Cl)cc1. The number of benzene rings is 3. The van der Waals surface area contributed by atoms with Crippen molar-refractivity contribution in [1.82, 2.24) is 0 Å². The quantitative estimate of drug-likeness (QED) is 0.306. The first-order valence-electron chi connectivity index (χ1n) is 9.15. The van der Waals surface area contributed by atoms with E-state index in [1.807, 2.05) is 0 Å². The fourth-order valence-electron chi connectivity index (χ4n) is 2.50. The highest BCUT2D eigenvalue weighted by Crippen LogP contribution is 2.28. The molecule has 0 spiro atoms. The first-order valence-corrected chi connectivity index (χ1v) is 11.5. The molecule has 0 atom stereocenters. The maximum atomic E-state index is 12.1. The van der Waals surface area contributed by atoms with Crippen LogP contribution in [0.1, 0.15) is 0 Å². The summed E-state index contributed by atoms with van der Waals surface area (Å²) in [5.74, 6) is 0.130. The molecule has 2 amide bonds. The Morgan fingerprint density at radius 2 is 1.06 bits per heavy atom. The summed E-state index contributed by atoms with van der Waals surface area (Å²) in [4.78, 5) is 24.2. The number of halogens is 4. The topological polar surface area (TPSA) is 76.7 Å². The zero-order valence-corrected chi connectivity index (χ0v) is 21.0. The molecule has 0 aliphatic heterocycles. The van der Waals surface area contributed by atoms with Crippen molar-refractivity contribution in [3.8, 4) is 11.5 Å². The Balaban J connectivity index is 1.45. The zero-order valence-electron chi connectivity index (χ0n) is 16.3. The first-order chi connectivity index (χ1) is 15.3. The van der Waals surface area contributed by atoms with E-state index in [1.165, 1.54) is 0 Å². The third-order valence-corrected chi connectivity index (χ3v) is 5.54. The van der Waals surface area contributed by atoms with E-state index >= 15 is 0 Å². The lowest BCUT2D eigenvalue weighted by Crippen LogP contribution is -2.21. The van der Waals surface area contributed by atoms with Gasteiger partial charge in [0.15, 0.2) is 13.2 Å². The molecule has 0 unspecified atom stereocenters. The molecule has 32 heavy (non-hydrogen) atoms. The Morgan fingerprint density at radius 3 is 1.41 bits per heavy atom. The predicted molar refractivity (Wildman–Crippen MR) is 133 cm³/mol. The van der Waals surface area contributed by atoms with Crippen LogP contribution in [0.15, 0.2) is 69.6 Å². The molecule has 0 fully saturated rings. The molecule has 166 valence electrons. The van der Waals surface area contributed by atoms with Gasteiger partial charge in [0.1, 0.15) is 11.5 Å². The van der Waals surface area contributed by atoms with Gasteiger partial charge < -0.3 is 20.1 Å². The van der Waals surface area contributed by atoms with Crippen molar-refractivity contribution < 1.29 is 19.1 Å². The number of nitrogens with one attached hydrogen (secondary N) is 2. The van der Waals surface area contributed by atoms with Gasteiger partial charge >= 0.3 is 0 Å². The van der Waals surface area contributed by atoms with Gasteiger partial charge in [0, 0.05) is 20.3 Å². The fourth-order valence-corrected chi connectivity index (χ4v) is 3.96. The number of hydrogen-bond donors (Lipinski definition) is 2. The lowest BCUT2D eigenvalue weighted by Gasteiger charge is -2.11. The van der Waals surface area contributed by atoms with Gasteiger partial charge in [-0.05, 0) is 60.7 Å². The van der Waals surface area contributed by atoms with Crippen molar-refractivity contribution in [3.63, 3.8) is 0 Å². The number of rotatable bonds is 8. The molecule has 6 nitrogen and oxygen atoms in total. The van der Waals surface area contributed by atoms with Crippen LogP contribution in [-0.2, 0) is 9.59 Å². The minimum atomic E-state index is -0.347. The average molecular weight is 603 g/mol. The number of carbonyl (C=O) groups is 2.